The SMILES string of the molecule is Cc1cc(F)cc(C)c1Oc1cn(CCN(C)C)c(=O)cc1-c1cn(C)c(=O)c2[nH]ccc12. The summed E-state index contributed by atoms with van der Waals surface area (Å²) in [6.45, 7) is 4.72. The van der Waals surface area contributed by atoms with Crippen LogP contribution >= 0.6 is 0 Å². The Morgan fingerprint density at radius 1 is 1.06 bits per heavy atom. The molecule has 0 saturated heterocycles. The number of halogens is 1. The van der Waals surface area contributed by atoms with Crippen molar-refractivity contribution < 1.29 is 9.13 Å². The number of H-pyrrole nitrogens is 1. The smallest absolute Gasteiger partial charge is 0.274 e. The Morgan fingerprint density at radius 3 is 2.42 bits per heavy atom. The summed E-state index contributed by atoms with van der Waals surface area (Å²) >= 11 is 0. The largest absolute Gasteiger partial charge is 0.455 e. The molecule has 0 aliphatic carbocycles. The number of pyridine rings is 2. The highest BCUT2D eigenvalue weighted by Crippen LogP contribution is 2.37. The van der Waals surface area contributed by atoms with Gasteiger partial charge in [-0.25, -0.2) is 4.39 Å². The molecule has 4 rings (SSSR count). The molecule has 0 aliphatic heterocycles. The molecule has 3 heterocycles. The fraction of sp³-hybridized carbons (Fsp3) is 0.280. The predicted molar refractivity (Wildman–Crippen MR) is 128 cm³/mol. The second-order valence-corrected chi connectivity index (χ2v) is 8.58. The van der Waals surface area contributed by atoms with Crippen LogP contribution in [0.15, 0.2) is 52.4 Å². The van der Waals surface area contributed by atoms with Crippen LogP contribution in [0.4, 0.5) is 4.39 Å². The molecule has 0 unspecified atom stereocenters. The maximum absolute atomic E-state index is 13.9. The van der Waals surface area contributed by atoms with Crippen LogP contribution in [0, 0.1) is 19.7 Å². The molecule has 0 spiro atoms. The van der Waals surface area contributed by atoms with E-state index < -0.39 is 0 Å². The molecule has 172 valence electrons. The van der Waals surface area contributed by atoms with Gasteiger partial charge in [-0.05, 0) is 57.3 Å². The Hall–Kier alpha value is -3.65. The normalized spacial score (nSPS) is 11.5. The third-order valence-electron chi connectivity index (χ3n) is 5.70. The minimum Gasteiger partial charge on any atom is -0.455 e. The number of nitrogens with zero attached hydrogens (tertiary/aromatic N) is 3. The molecule has 1 N–H and O–H groups in total. The molecule has 0 atom stereocenters. The number of aromatic amines is 1. The summed E-state index contributed by atoms with van der Waals surface area (Å²) in [6.07, 6.45) is 5.09. The number of hydrogen-bond donors (Lipinski definition) is 1. The monoisotopic (exact) mass is 450 g/mol. The van der Waals surface area contributed by atoms with E-state index in [1.54, 1.807) is 44.1 Å². The van der Waals surface area contributed by atoms with Crippen molar-refractivity contribution >= 4 is 10.9 Å². The highest BCUT2D eigenvalue weighted by molar-refractivity contribution is 5.95. The molecule has 4 aromatic rings. The first kappa shape index (κ1) is 22.5. The van der Waals surface area contributed by atoms with Gasteiger partial charge in [-0.3, -0.25) is 9.59 Å². The highest BCUT2D eigenvalue weighted by atomic mass is 19.1. The van der Waals surface area contributed by atoms with Gasteiger partial charge in [-0.1, -0.05) is 0 Å². The van der Waals surface area contributed by atoms with Crippen LogP contribution in [0.2, 0.25) is 0 Å². The number of rotatable bonds is 6. The Bertz CT molecular complexity index is 1440. The van der Waals surface area contributed by atoms with E-state index >= 15 is 0 Å². The van der Waals surface area contributed by atoms with Crippen molar-refractivity contribution in [2.45, 2.75) is 20.4 Å². The third-order valence-corrected chi connectivity index (χ3v) is 5.70. The standard InChI is InChI=1S/C25H27FN4O3/c1-15-10-17(26)11-16(2)24(15)33-21-14-30(9-8-28(3)4)22(31)12-19(21)20-13-29(5)25(32)23-18(20)6-7-27-23/h6-7,10-14,27H,8-9H2,1-5H3. The molecule has 8 heteroatoms. The summed E-state index contributed by atoms with van der Waals surface area (Å²) in [6, 6.07) is 6.18. The predicted octanol–water partition coefficient (Wildman–Crippen LogP) is 3.81. The first-order valence-corrected chi connectivity index (χ1v) is 10.7. The summed E-state index contributed by atoms with van der Waals surface area (Å²) in [5, 5.41) is 0.695. The van der Waals surface area contributed by atoms with Crippen molar-refractivity contribution in [2.24, 2.45) is 7.05 Å². The van der Waals surface area contributed by atoms with Crippen molar-refractivity contribution in [3.05, 3.63) is 80.5 Å². The first-order chi connectivity index (χ1) is 15.7. The first-order valence-electron chi connectivity index (χ1n) is 10.7. The number of nitrogens with one attached hydrogen (secondary N) is 1. The fourth-order valence-electron chi connectivity index (χ4n) is 3.98. The van der Waals surface area contributed by atoms with Gasteiger partial charge in [0, 0.05) is 55.1 Å². The Balaban J connectivity index is 1.95. The zero-order valence-electron chi connectivity index (χ0n) is 19.4. The maximum Gasteiger partial charge on any atom is 0.274 e. The molecule has 33 heavy (non-hydrogen) atoms. The number of benzene rings is 1. The van der Waals surface area contributed by atoms with Gasteiger partial charge in [0.05, 0.1) is 6.20 Å². The highest BCUT2D eigenvalue weighted by Gasteiger charge is 2.18. The molecular weight excluding hydrogens is 423 g/mol. The zero-order valence-corrected chi connectivity index (χ0v) is 19.4. The molecular formula is C25H27FN4O3. The minimum atomic E-state index is -0.333. The molecule has 7 nitrogen and oxygen atoms in total. The van der Waals surface area contributed by atoms with Gasteiger partial charge in [0.25, 0.3) is 11.1 Å². The van der Waals surface area contributed by atoms with Crippen LogP contribution in [-0.2, 0) is 13.6 Å². The summed E-state index contributed by atoms with van der Waals surface area (Å²) in [7, 11) is 5.55. The van der Waals surface area contributed by atoms with Crippen molar-refractivity contribution in [1.29, 1.82) is 0 Å². The second kappa shape index (κ2) is 8.71. The Kier molecular flexibility index (Phi) is 5.95. The van der Waals surface area contributed by atoms with Gasteiger partial charge >= 0.3 is 0 Å². The van der Waals surface area contributed by atoms with Crippen LogP contribution in [-0.4, -0.2) is 39.7 Å². The van der Waals surface area contributed by atoms with Crippen molar-refractivity contribution in [2.75, 3.05) is 20.6 Å². The topological polar surface area (TPSA) is 72.3 Å². The van der Waals surface area contributed by atoms with Crippen LogP contribution in [0.25, 0.3) is 22.0 Å². The van der Waals surface area contributed by atoms with E-state index in [4.69, 9.17) is 4.74 Å². The average Bonchev–Trinajstić information content (AvgIpc) is 3.23. The summed E-state index contributed by atoms with van der Waals surface area (Å²) < 4.78 is 23.3. The lowest BCUT2D eigenvalue weighted by Crippen LogP contribution is -2.26. The summed E-state index contributed by atoms with van der Waals surface area (Å²) in [4.78, 5) is 30.5. The number of likely N-dealkylation sites (N-methyl/N-ethyl adjacent to an activating group) is 1. The lowest BCUT2D eigenvalue weighted by atomic mass is 10.0. The van der Waals surface area contributed by atoms with Gasteiger partial charge in [0.15, 0.2) is 5.75 Å². The van der Waals surface area contributed by atoms with E-state index in [2.05, 4.69) is 4.98 Å². The van der Waals surface area contributed by atoms with Gasteiger partial charge in [-0.15, -0.1) is 0 Å². The average molecular weight is 451 g/mol. The summed E-state index contributed by atoms with van der Waals surface area (Å²) in [5.74, 6) is 0.651. The third kappa shape index (κ3) is 4.34. The number of aromatic nitrogens is 3. The van der Waals surface area contributed by atoms with E-state index in [1.165, 1.54) is 22.8 Å². The van der Waals surface area contributed by atoms with Crippen LogP contribution < -0.4 is 15.9 Å². The van der Waals surface area contributed by atoms with E-state index in [0.29, 0.717) is 57.7 Å². The van der Waals surface area contributed by atoms with Gasteiger partial charge in [-0.2, -0.15) is 0 Å². The van der Waals surface area contributed by atoms with Crippen molar-refractivity contribution in [1.82, 2.24) is 19.0 Å². The lowest BCUT2D eigenvalue weighted by Gasteiger charge is -2.18. The molecule has 0 fully saturated rings. The van der Waals surface area contributed by atoms with Crippen LogP contribution in [0.1, 0.15) is 11.1 Å². The number of ether oxygens (including phenoxy) is 1. The fourth-order valence-corrected chi connectivity index (χ4v) is 3.98. The number of hydrogen-bond acceptors (Lipinski definition) is 4. The number of aryl methyl sites for hydroxylation is 3. The van der Waals surface area contributed by atoms with Crippen molar-refractivity contribution in [3.8, 4) is 22.6 Å². The zero-order chi connectivity index (χ0) is 23.9. The molecule has 0 radical (unpaired) electrons. The van der Waals surface area contributed by atoms with Gasteiger partial charge in [0.2, 0.25) is 0 Å². The minimum absolute atomic E-state index is 0.161. The van der Waals surface area contributed by atoms with Crippen LogP contribution in [0.3, 0.4) is 0 Å². The van der Waals surface area contributed by atoms with Crippen molar-refractivity contribution in [3.63, 3.8) is 0 Å². The molecule has 0 saturated carbocycles. The molecule has 1 aromatic carbocycles. The quantitative estimate of drug-likeness (QED) is 0.485. The van der Waals surface area contributed by atoms with Gasteiger partial charge < -0.3 is 23.8 Å². The van der Waals surface area contributed by atoms with E-state index in [-0.39, 0.29) is 16.9 Å². The van der Waals surface area contributed by atoms with Crippen LogP contribution in [0.5, 0.6) is 11.5 Å². The lowest BCUT2D eigenvalue weighted by molar-refractivity contribution is 0.378. The van der Waals surface area contributed by atoms with E-state index in [1.807, 2.05) is 25.1 Å². The Morgan fingerprint density at radius 2 is 1.76 bits per heavy atom. The van der Waals surface area contributed by atoms with E-state index in [9.17, 15) is 14.0 Å². The molecule has 0 aliphatic rings. The second-order valence-electron chi connectivity index (χ2n) is 8.58. The molecule has 3 aromatic heterocycles. The summed E-state index contributed by atoms with van der Waals surface area (Å²) in [5.41, 5.74) is 2.66. The molecule has 0 bridgehead atoms. The Labute approximate surface area is 190 Å². The number of fused-ring (bicyclic) bond motifs is 1. The molecule has 0 amide bonds. The van der Waals surface area contributed by atoms with Gasteiger partial charge in [0.1, 0.15) is 17.1 Å². The maximum atomic E-state index is 13.9. The van der Waals surface area contributed by atoms with E-state index in [0.717, 1.165) is 0 Å².